The zero-order chi connectivity index (χ0) is 12.3. The first kappa shape index (κ1) is 12.9. The molecular weight excluding hydrogens is 214 g/mol. The lowest BCUT2D eigenvalue weighted by Crippen LogP contribution is -2.29. The van der Waals surface area contributed by atoms with Gasteiger partial charge in [-0.3, -0.25) is 4.79 Å². The highest BCUT2D eigenvalue weighted by Crippen LogP contribution is 2.30. The molecule has 3 heteroatoms. The van der Waals surface area contributed by atoms with E-state index in [1.807, 2.05) is 0 Å². The number of hydrogen-bond acceptors (Lipinski definition) is 2. The van der Waals surface area contributed by atoms with Crippen LogP contribution in [-0.4, -0.2) is 35.6 Å². The van der Waals surface area contributed by atoms with Crippen molar-refractivity contribution in [2.75, 3.05) is 19.6 Å². The Morgan fingerprint density at radius 3 is 2.53 bits per heavy atom. The second kappa shape index (κ2) is 5.85. The van der Waals surface area contributed by atoms with E-state index in [4.69, 9.17) is 5.11 Å². The van der Waals surface area contributed by atoms with Gasteiger partial charge in [0.1, 0.15) is 0 Å². The topological polar surface area (TPSA) is 40.5 Å². The standard InChI is InChI=1S/C14H25NO2/c1-11-2-4-12(5-3-11)9-15-7-6-13(10-15)8-14(16)17/h11-13H,2-10H2,1H3,(H,16,17). The lowest BCUT2D eigenvalue weighted by Gasteiger charge is -2.29. The highest BCUT2D eigenvalue weighted by Gasteiger charge is 2.27. The molecule has 2 aliphatic rings. The summed E-state index contributed by atoms with van der Waals surface area (Å²) in [5, 5.41) is 8.79. The largest absolute Gasteiger partial charge is 0.481 e. The number of likely N-dealkylation sites (tertiary alicyclic amines) is 1. The van der Waals surface area contributed by atoms with Crippen molar-refractivity contribution >= 4 is 5.97 Å². The molecular formula is C14H25NO2. The van der Waals surface area contributed by atoms with Crippen LogP contribution in [0.15, 0.2) is 0 Å². The van der Waals surface area contributed by atoms with Gasteiger partial charge in [0, 0.05) is 19.5 Å². The molecule has 0 spiro atoms. The minimum atomic E-state index is -0.636. The van der Waals surface area contributed by atoms with Crippen LogP contribution in [0.1, 0.15) is 45.4 Å². The van der Waals surface area contributed by atoms with Crippen LogP contribution in [0.2, 0.25) is 0 Å². The molecule has 17 heavy (non-hydrogen) atoms. The maximum Gasteiger partial charge on any atom is 0.303 e. The smallest absolute Gasteiger partial charge is 0.303 e. The monoisotopic (exact) mass is 239 g/mol. The van der Waals surface area contributed by atoms with Gasteiger partial charge in [-0.2, -0.15) is 0 Å². The van der Waals surface area contributed by atoms with Gasteiger partial charge in [0.05, 0.1) is 0 Å². The number of carboxylic acids is 1. The molecule has 1 aliphatic heterocycles. The van der Waals surface area contributed by atoms with Gasteiger partial charge in [0.15, 0.2) is 0 Å². The quantitative estimate of drug-likeness (QED) is 0.820. The summed E-state index contributed by atoms with van der Waals surface area (Å²) < 4.78 is 0. The maximum absolute atomic E-state index is 10.7. The zero-order valence-electron chi connectivity index (χ0n) is 10.9. The number of rotatable bonds is 4. The van der Waals surface area contributed by atoms with Gasteiger partial charge in [0.2, 0.25) is 0 Å². The molecule has 1 unspecified atom stereocenters. The Hall–Kier alpha value is -0.570. The fourth-order valence-electron chi connectivity index (χ4n) is 3.37. The third kappa shape index (κ3) is 3.98. The molecule has 98 valence electrons. The van der Waals surface area contributed by atoms with Crippen molar-refractivity contribution < 1.29 is 9.90 Å². The van der Waals surface area contributed by atoms with Crippen LogP contribution in [0.5, 0.6) is 0 Å². The van der Waals surface area contributed by atoms with Crippen LogP contribution < -0.4 is 0 Å². The SMILES string of the molecule is CC1CCC(CN2CCC(CC(=O)O)C2)CC1. The van der Waals surface area contributed by atoms with Gasteiger partial charge in [-0.25, -0.2) is 0 Å². The summed E-state index contributed by atoms with van der Waals surface area (Å²) in [6.07, 6.45) is 6.96. The predicted molar refractivity (Wildman–Crippen MR) is 67.9 cm³/mol. The molecule has 0 amide bonds. The Morgan fingerprint density at radius 1 is 1.18 bits per heavy atom. The third-order valence-corrected chi connectivity index (χ3v) is 4.49. The maximum atomic E-state index is 10.7. The molecule has 0 aromatic rings. The number of carboxylic acid groups (broad SMARTS) is 1. The lowest BCUT2D eigenvalue weighted by molar-refractivity contribution is -0.138. The Balaban J connectivity index is 1.69. The average Bonchev–Trinajstić information content (AvgIpc) is 2.68. The summed E-state index contributed by atoms with van der Waals surface area (Å²) in [5.74, 6) is 1.55. The Kier molecular flexibility index (Phi) is 4.43. The van der Waals surface area contributed by atoms with Gasteiger partial charge in [-0.15, -0.1) is 0 Å². The molecule has 1 heterocycles. The first-order valence-corrected chi connectivity index (χ1v) is 7.07. The molecule has 2 fully saturated rings. The van der Waals surface area contributed by atoms with Crippen molar-refractivity contribution in [1.82, 2.24) is 4.90 Å². The van der Waals surface area contributed by atoms with E-state index in [0.717, 1.165) is 31.3 Å². The normalized spacial score (nSPS) is 35.0. The summed E-state index contributed by atoms with van der Waals surface area (Å²) >= 11 is 0. The summed E-state index contributed by atoms with van der Waals surface area (Å²) in [5.41, 5.74) is 0. The van der Waals surface area contributed by atoms with Crippen molar-refractivity contribution in [1.29, 1.82) is 0 Å². The lowest BCUT2D eigenvalue weighted by atomic mass is 9.83. The van der Waals surface area contributed by atoms with Crippen LogP contribution in [0.25, 0.3) is 0 Å². The van der Waals surface area contributed by atoms with E-state index < -0.39 is 5.97 Å². The second-order valence-electron chi connectivity index (χ2n) is 6.14. The minimum Gasteiger partial charge on any atom is -0.481 e. The fraction of sp³-hybridized carbons (Fsp3) is 0.929. The predicted octanol–water partition coefficient (Wildman–Crippen LogP) is 2.61. The van der Waals surface area contributed by atoms with Crippen molar-refractivity contribution in [3.05, 3.63) is 0 Å². The molecule has 0 aromatic carbocycles. The van der Waals surface area contributed by atoms with E-state index in [2.05, 4.69) is 11.8 Å². The van der Waals surface area contributed by atoms with Crippen molar-refractivity contribution in [3.63, 3.8) is 0 Å². The number of aliphatic carboxylic acids is 1. The van der Waals surface area contributed by atoms with Gasteiger partial charge in [0.25, 0.3) is 0 Å². The summed E-state index contributed by atoms with van der Waals surface area (Å²) in [7, 11) is 0. The summed E-state index contributed by atoms with van der Waals surface area (Å²) in [6, 6.07) is 0. The molecule has 1 aliphatic carbocycles. The van der Waals surface area contributed by atoms with Crippen molar-refractivity contribution in [2.24, 2.45) is 17.8 Å². The number of hydrogen-bond donors (Lipinski definition) is 1. The minimum absolute atomic E-state index is 0.359. The number of nitrogens with zero attached hydrogens (tertiary/aromatic N) is 1. The van der Waals surface area contributed by atoms with Crippen LogP contribution >= 0.6 is 0 Å². The van der Waals surface area contributed by atoms with E-state index in [1.54, 1.807) is 0 Å². The molecule has 0 bridgehead atoms. The molecule has 0 radical (unpaired) electrons. The summed E-state index contributed by atoms with van der Waals surface area (Å²) in [6.45, 7) is 5.69. The van der Waals surface area contributed by atoms with Crippen LogP contribution in [0.4, 0.5) is 0 Å². The Bertz CT molecular complexity index is 259. The highest BCUT2D eigenvalue weighted by atomic mass is 16.4. The molecule has 2 rings (SSSR count). The van der Waals surface area contributed by atoms with E-state index in [1.165, 1.54) is 32.2 Å². The Morgan fingerprint density at radius 2 is 1.88 bits per heavy atom. The van der Waals surface area contributed by atoms with E-state index >= 15 is 0 Å². The van der Waals surface area contributed by atoms with Gasteiger partial charge >= 0.3 is 5.97 Å². The molecule has 0 aromatic heterocycles. The first-order chi connectivity index (χ1) is 8.13. The van der Waals surface area contributed by atoms with Gasteiger partial charge < -0.3 is 10.0 Å². The zero-order valence-corrected chi connectivity index (χ0v) is 10.9. The van der Waals surface area contributed by atoms with Crippen LogP contribution in [0, 0.1) is 17.8 Å². The van der Waals surface area contributed by atoms with E-state index in [-0.39, 0.29) is 0 Å². The third-order valence-electron chi connectivity index (χ3n) is 4.49. The molecule has 1 N–H and O–H groups in total. The van der Waals surface area contributed by atoms with E-state index in [0.29, 0.717) is 12.3 Å². The van der Waals surface area contributed by atoms with Crippen LogP contribution in [0.3, 0.4) is 0 Å². The van der Waals surface area contributed by atoms with Crippen molar-refractivity contribution in [2.45, 2.75) is 45.4 Å². The Labute approximate surface area is 104 Å². The molecule has 1 saturated heterocycles. The average molecular weight is 239 g/mol. The molecule has 1 atom stereocenters. The summed E-state index contributed by atoms with van der Waals surface area (Å²) in [4.78, 5) is 13.2. The van der Waals surface area contributed by atoms with Crippen LogP contribution in [-0.2, 0) is 4.79 Å². The molecule has 1 saturated carbocycles. The van der Waals surface area contributed by atoms with Gasteiger partial charge in [-0.05, 0) is 43.6 Å². The van der Waals surface area contributed by atoms with Crippen molar-refractivity contribution in [3.8, 4) is 0 Å². The molecule has 3 nitrogen and oxygen atoms in total. The fourth-order valence-corrected chi connectivity index (χ4v) is 3.37. The first-order valence-electron chi connectivity index (χ1n) is 7.07. The second-order valence-corrected chi connectivity index (χ2v) is 6.14. The van der Waals surface area contributed by atoms with E-state index in [9.17, 15) is 4.79 Å². The number of carbonyl (C=O) groups is 1. The highest BCUT2D eigenvalue weighted by molar-refractivity contribution is 5.67. The van der Waals surface area contributed by atoms with Gasteiger partial charge in [-0.1, -0.05) is 19.8 Å².